The van der Waals surface area contributed by atoms with Gasteiger partial charge in [0.15, 0.2) is 5.65 Å². The second kappa shape index (κ2) is 7.50. The van der Waals surface area contributed by atoms with Gasteiger partial charge in [-0.2, -0.15) is 5.10 Å². The van der Waals surface area contributed by atoms with E-state index >= 15 is 0 Å². The van der Waals surface area contributed by atoms with Gasteiger partial charge in [0.2, 0.25) is 0 Å². The zero-order valence-corrected chi connectivity index (χ0v) is 17.5. The Labute approximate surface area is 168 Å². The Morgan fingerprint density at radius 1 is 1.39 bits per heavy atom. The first-order valence-corrected chi connectivity index (χ1v) is 10.5. The first kappa shape index (κ1) is 18.9. The number of pyridine rings is 1. The lowest BCUT2D eigenvalue weighted by Crippen LogP contribution is -2.35. The molecule has 4 heterocycles. The number of nitrogens with zero attached hydrogens (tertiary/aromatic N) is 5. The molecule has 0 aliphatic carbocycles. The molecule has 1 aliphatic heterocycles. The van der Waals surface area contributed by atoms with Crippen LogP contribution in [0.1, 0.15) is 52.4 Å². The lowest BCUT2D eigenvalue weighted by atomic mass is 9.97. The number of anilines is 1. The van der Waals surface area contributed by atoms with Crippen LogP contribution in [0.4, 0.5) is 5.69 Å². The van der Waals surface area contributed by atoms with E-state index < -0.39 is 0 Å². The van der Waals surface area contributed by atoms with E-state index in [0.717, 1.165) is 54.0 Å². The molecule has 148 valence electrons. The summed E-state index contributed by atoms with van der Waals surface area (Å²) in [5.74, 6) is 0.0325. The minimum atomic E-state index is -0.331. The summed E-state index contributed by atoms with van der Waals surface area (Å²) in [4.78, 5) is 24.2. The van der Waals surface area contributed by atoms with Gasteiger partial charge in [-0.3, -0.25) is 4.68 Å². The highest BCUT2D eigenvalue weighted by Crippen LogP contribution is 2.37. The van der Waals surface area contributed by atoms with E-state index in [0.29, 0.717) is 18.1 Å². The summed E-state index contributed by atoms with van der Waals surface area (Å²) in [7, 11) is 1.88. The van der Waals surface area contributed by atoms with Crippen LogP contribution in [0.2, 0.25) is 0 Å². The third kappa shape index (κ3) is 3.26. The monoisotopic (exact) mass is 399 g/mol. The summed E-state index contributed by atoms with van der Waals surface area (Å²) in [6.45, 7) is 7.87. The van der Waals surface area contributed by atoms with Gasteiger partial charge in [-0.1, -0.05) is 0 Å². The third-order valence-corrected chi connectivity index (χ3v) is 6.34. The SMILES string of the molecule is CCOC(=O)c1cnc2c(c(C)nn2C)c1N1CCCC(c2nc(C)cs2)C1. The highest BCUT2D eigenvalue weighted by molar-refractivity contribution is 7.09. The number of fused-ring (bicyclic) bond motifs is 1. The molecule has 3 aromatic rings. The molecule has 0 bridgehead atoms. The number of hydrogen-bond donors (Lipinski definition) is 0. The molecular weight excluding hydrogens is 374 g/mol. The van der Waals surface area contributed by atoms with Crippen molar-refractivity contribution in [2.45, 2.75) is 39.5 Å². The largest absolute Gasteiger partial charge is 0.462 e. The molecule has 0 amide bonds. The molecule has 4 rings (SSSR count). The standard InChI is InChI=1S/C20H25N5O2S/c1-5-27-20(26)15-9-21-18-16(13(3)23-24(18)4)17(15)25-8-6-7-14(10-25)19-22-12(2)11-28-19/h9,11,14H,5-8,10H2,1-4H3. The second-order valence-corrected chi connectivity index (χ2v) is 8.15. The number of rotatable bonds is 4. The van der Waals surface area contributed by atoms with E-state index in [9.17, 15) is 4.79 Å². The Bertz CT molecular complexity index is 1030. The zero-order chi connectivity index (χ0) is 19.8. The first-order chi connectivity index (χ1) is 13.5. The number of ether oxygens (including phenoxy) is 1. The predicted molar refractivity (Wildman–Crippen MR) is 110 cm³/mol. The van der Waals surface area contributed by atoms with Crippen molar-refractivity contribution < 1.29 is 9.53 Å². The van der Waals surface area contributed by atoms with Crippen molar-refractivity contribution in [3.05, 3.63) is 33.5 Å². The van der Waals surface area contributed by atoms with Crippen molar-refractivity contribution in [1.82, 2.24) is 19.7 Å². The molecule has 1 aliphatic rings. The Morgan fingerprint density at radius 3 is 2.93 bits per heavy atom. The third-order valence-electron chi connectivity index (χ3n) is 5.22. The number of aryl methyl sites for hydroxylation is 3. The van der Waals surface area contributed by atoms with E-state index in [1.165, 1.54) is 5.01 Å². The van der Waals surface area contributed by atoms with Gasteiger partial charge in [0, 0.05) is 43.3 Å². The van der Waals surface area contributed by atoms with E-state index in [4.69, 9.17) is 9.72 Å². The number of thiazole rings is 1. The van der Waals surface area contributed by atoms with Gasteiger partial charge < -0.3 is 9.64 Å². The zero-order valence-electron chi connectivity index (χ0n) is 16.7. The fourth-order valence-electron chi connectivity index (χ4n) is 4.02. The van der Waals surface area contributed by atoms with Crippen molar-refractivity contribution in [2.24, 2.45) is 7.05 Å². The summed E-state index contributed by atoms with van der Waals surface area (Å²) in [5, 5.41) is 8.75. The highest BCUT2D eigenvalue weighted by Gasteiger charge is 2.30. The van der Waals surface area contributed by atoms with Crippen LogP contribution in [-0.4, -0.2) is 45.4 Å². The fraction of sp³-hybridized carbons (Fsp3) is 0.500. The van der Waals surface area contributed by atoms with Gasteiger partial charge in [0.1, 0.15) is 5.56 Å². The molecule has 0 radical (unpaired) electrons. The molecule has 7 nitrogen and oxygen atoms in total. The minimum absolute atomic E-state index is 0.331. The summed E-state index contributed by atoms with van der Waals surface area (Å²) >= 11 is 1.72. The van der Waals surface area contributed by atoms with Gasteiger partial charge in [-0.25, -0.2) is 14.8 Å². The van der Waals surface area contributed by atoms with Crippen molar-refractivity contribution in [3.63, 3.8) is 0 Å². The minimum Gasteiger partial charge on any atom is -0.462 e. The van der Waals surface area contributed by atoms with E-state index in [-0.39, 0.29) is 5.97 Å². The Morgan fingerprint density at radius 2 is 2.21 bits per heavy atom. The average molecular weight is 400 g/mol. The van der Waals surface area contributed by atoms with Gasteiger partial charge in [0.25, 0.3) is 0 Å². The van der Waals surface area contributed by atoms with Crippen LogP contribution in [-0.2, 0) is 11.8 Å². The maximum Gasteiger partial charge on any atom is 0.341 e. The predicted octanol–water partition coefficient (Wildman–Crippen LogP) is 3.60. The number of hydrogen-bond acceptors (Lipinski definition) is 7. The lowest BCUT2D eigenvalue weighted by molar-refractivity contribution is 0.0526. The van der Waals surface area contributed by atoms with Gasteiger partial charge in [-0.15, -0.1) is 11.3 Å². The molecule has 8 heteroatoms. The van der Waals surface area contributed by atoms with Crippen LogP contribution >= 0.6 is 11.3 Å². The molecule has 0 spiro atoms. The van der Waals surface area contributed by atoms with Crippen LogP contribution in [0.15, 0.2) is 11.6 Å². The summed E-state index contributed by atoms with van der Waals surface area (Å²) in [6, 6.07) is 0. The van der Waals surface area contributed by atoms with Crippen LogP contribution in [0, 0.1) is 13.8 Å². The molecule has 1 fully saturated rings. The maximum atomic E-state index is 12.7. The van der Waals surface area contributed by atoms with Crippen molar-refractivity contribution in [3.8, 4) is 0 Å². The second-order valence-electron chi connectivity index (χ2n) is 7.26. The smallest absolute Gasteiger partial charge is 0.341 e. The number of carbonyl (C=O) groups excluding carboxylic acids is 1. The van der Waals surface area contributed by atoms with Gasteiger partial charge >= 0.3 is 5.97 Å². The van der Waals surface area contributed by atoms with Crippen molar-refractivity contribution >= 4 is 34.0 Å². The topological polar surface area (TPSA) is 73.1 Å². The Hall–Kier alpha value is -2.48. The molecule has 0 saturated carbocycles. The maximum absolute atomic E-state index is 12.7. The molecule has 28 heavy (non-hydrogen) atoms. The van der Waals surface area contributed by atoms with Crippen LogP contribution in [0.5, 0.6) is 0 Å². The highest BCUT2D eigenvalue weighted by atomic mass is 32.1. The van der Waals surface area contributed by atoms with Crippen LogP contribution in [0.3, 0.4) is 0 Å². The van der Waals surface area contributed by atoms with Crippen molar-refractivity contribution in [1.29, 1.82) is 0 Å². The van der Waals surface area contributed by atoms with Crippen molar-refractivity contribution in [2.75, 3.05) is 24.6 Å². The summed E-state index contributed by atoms with van der Waals surface area (Å²) in [6.07, 6.45) is 3.79. The van der Waals surface area contributed by atoms with E-state index in [1.807, 2.05) is 27.8 Å². The fourth-order valence-corrected chi connectivity index (χ4v) is 4.95. The molecule has 3 aromatic heterocycles. The Balaban J connectivity index is 1.81. The number of esters is 1. The summed E-state index contributed by atoms with van der Waals surface area (Å²) < 4.78 is 7.10. The van der Waals surface area contributed by atoms with Crippen LogP contribution in [0.25, 0.3) is 11.0 Å². The number of aromatic nitrogens is 4. The first-order valence-electron chi connectivity index (χ1n) is 9.66. The Kier molecular flexibility index (Phi) is 5.05. The van der Waals surface area contributed by atoms with Gasteiger partial charge in [0.05, 0.1) is 28.4 Å². The molecule has 1 atom stereocenters. The average Bonchev–Trinajstić information content (AvgIpc) is 3.25. The molecule has 1 unspecified atom stereocenters. The quantitative estimate of drug-likeness (QED) is 0.624. The normalized spacial score (nSPS) is 17.3. The summed E-state index contributed by atoms with van der Waals surface area (Å²) in [5.41, 5.74) is 4.14. The van der Waals surface area contributed by atoms with Crippen LogP contribution < -0.4 is 4.90 Å². The van der Waals surface area contributed by atoms with E-state index in [2.05, 4.69) is 20.4 Å². The lowest BCUT2D eigenvalue weighted by Gasteiger charge is -2.34. The van der Waals surface area contributed by atoms with Gasteiger partial charge in [-0.05, 0) is 33.6 Å². The van der Waals surface area contributed by atoms with E-state index in [1.54, 1.807) is 22.2 Å². The molecule has 0 aromatic carbocycles. The molecule has 1 saturated heterocycles. The molecule has 0 N–H and O–H groups in total. The molecular formula is C20H25N5O2S. The number of carbonyl (C=O) groups is 1. The number of piperidine rings is 1.